The number of hydrogen-bond acceptors (Lipinski definition) is 5. The Morgan fingerprint density at radius 1 is 0.919 bits per heavy atom. The van der Waals surface area contributed by atoms with Crippen LogP contribution in [0.5, 0.6) is 0 Å². The summed E-state index contributed by atoms with van der Waals surface area (Å²) in [7, 11) is 0. The van der Waals surface area contributed by atoms with Gasteiger partial charge in [-0.25, -0.2) is 4.79 Å². The largest absolute Gasteiger partial charge is 0.465 e. The van der Waals surface area contributed by atoms with E-state index in [0.717, 1.165) is 17.2 Å². The van der Waals surface area contributed by atoms with Gasteiger partial charge in [-0.05, 0) is 47.4 Å². The highest BCUT2D eigenvalue weighted by Gasteiger charge is 2.35. The Labute approximate surface area is 210 Å². The van der Waals surface area contributed by atoms with Crippen LogP contribution in [0.1, 0.15) is 36.2 Å². The first-order valence-electron chi connectivity index (χ1n) is 11.3. The van der Waals surface area contributed by atoms with Gasteiger partial charge in [-0.15, -0.1) is 0 Å². The number of halogens is 3. The highest BCUT2D eigenvalue weighted by molar-refractivity contribution is 6.12. The lowest BCUT2D eigenvalue weighted by atomic mass is 10.0. The van der Waals surface area contributed by atoms with Gasteiger partial charge in [0.2, 0.25) is 5.91 Å². The topological polar surface area (TPSA) is 120 Å². The minimum atomic E-state index is -4.79. The van der Waals surface area contributed by atoms with Crippen LogP contribution in [0.2, 0.25) is 0 Å². The van der Waals surface area contributed by atoms with Gasteiger partial charge in [-0.1, -0.05) is 32.0 Å². The third-order valence-corrected chi connectivity index (χ3v) is 5.20. The number of carboxylic acid groups (broad SMARTS) is 1. The molecule has 3 rings (SSSR count). The molecule has 1 heterocycles. The maximum absolute atomic E-state index is 13.7. The smallest absolute Gasteiger partial charge is 0.418 e. The number of benzene rings is 2. The molecule has 0 atom stereocenters. The zero-order chi connectivity index (χ0) is 27.2. The lowest BCUT2D eigenvalue weighted by molar-refractivity contribution is -0.137. The fraction of sp³-hybridized carbons (Fsp3) is 0.231. The second-order valence-corrected chi connectivity index (χ2v) is 8.61. The lowest BCUT2D eigenvalue weighted by Crippen LogP contribution is -2.21. The number of carbonyl (C=O) groups is 3. The number of amides is 2. The molecule has 0 bridgehead atoms. The van der Waals surface area contributed by atoms with E-state index in [9.17, 15) is 27.6 Å². The van der Waals surface area contributed by atoms with E-state index in [1.54, 1.807) is 56.6 Å². The van der Waals surface area contributed by atoms with E-state index < -0.39 is 41.6 Å². The molecule has 11 heteroatoms. The van der Waals surface area contributed by atoms with Gasteiger partial charge >= 0.3 is 12.3 Å². The van der Waals surface area contributed by atoms with Gasteiger partial charge in [-0.2, -0.15) is 13.2 Å². The van der Waals surface area contributed by atoms with Crippen molar-refractivity contribution in [2.24, 2.45) is 5.92 Å². The Kier molecular flexibility index (Phi) is 8.49. The average Bonchev–Trinajstić information content (AvgIpc) is 2.83. The third-order valence-electron chi connectivity index (χ3n) is 5.20. The quantitative estimate of drug-likeness (QED) is 0.201. The monoisotopic (exact) mass is 514 g/mol. The Morgan fingerprint density at radius 3 is 2.22 bits per heavy atom. The molecule has 0 radical (unpaired) electrons. The van der Waals surface area contributed by atoms with Crippen molar-refractivity contribution in [2.75, 3.05) is 22.5 Å². The molecule has 0 aliphatic carbocycles. The zero-order valence-corrected chi connectivity index (χ0v) is 20.0. The summed E-state index contributed by atoms with van der Waals surface area (Å²) in [6.45, 7) is 3.80. The van der Waals surface area contributed by atoms with Crippen LogP contribution in [-0.2, 0) is 11.0 Å². The summed E-state index contributed by atoms with van der Waals surface area (Å²) in [6.07, 6.45) is -3.79. The molecule has 3 aromatic rings. The number of pyridine rings is 1. The summed E-state index contributed by atoms with van der Waals surface area (Å²) < 4.78 is 41.2. The van der Waals surface area contributed by atoms with Gasteiger partial charge in [0.15, 0.2) is 5.78 Å². The summed E-state index contributed by atoms with van der Waals surface area (Å²) >= 11 is 0. The molecule has 0 unspecified atom stereocenters. The number of ketones is 1. The number of rotatable bonds is 9. The maximum Gasteiger partial charge on any atom is 0.418 e. The summed E-state index contributed by atoms with van der Waals surface area (Å²) in [6, 6.07) is 11.7. The first-order chi connectivity index (χ1) is 17.4. The van der Waals surface area contributed by atoms with Gasteiger partial charge in [0, 0.05) is 30.2 Å². The van der Waals surface area contributed by atoms with E-state index in [-0.39, 0.29) is 29.4 Å². The number of anilines is 3. The number of carbonyl (C=O) groups excluding carboxylic acids is 2. The number of hydrogen-bond donors (Lipinski definition) is 4. The lowest BCUT2D eigenvalue weighted by Gasteiger charge is -2.20. The Hall–Kier alpha value is -4.41. The number of nitrogens with zero attached hydrogens (tertiary/aromatic N) is 1. The van der Waals surface area contributed by atoms with E-state index in [4.69, 9.17) is 5.11 Å². The van der Waals surface area contributed by atoms with Gasteiger partial charge < -0.3 is 15.7 Å². The molecule has 0 fully saturated rings. The molecule has 2 aromatic carbocycles. The Bertz CT molecular complexity index is 1290. The van der Waals surface area contributed by atoms with E-state index in [0.29, 0.717) is 6.07 Å². The van der Waals surface area contributed by atoms with E-state index in [2.05, 4.69) is 15.6 Å². The summed E-state index contributed by atoms with van der Waals surface area (Å²) in [5, 5.41) is 16.1. The Balaban J connectivity index is 1.85. The summed E-state index contributed by atoms with van der Waals surface area (Å²) in [4.78, 5) is 40.6. The first kappa shape index (κ1) is 27.2. The van der Waals surface area contributed by atoms with E-state index in [1.165, 1.54) is 6.07 Å². The van der Waals surface area contributed by atoms with Crippen LogP contribution in [-0.4, -0.2) is 34.4 Å². The van der Waals surface area contributed by atoms with Crippen LogP contribution in [0.4, 0.5) is 35.0 Å². The van der Waals surface area contributed by atoms with Crippen LogP contribution in [0.25, 0.3) is 11.1 Å². The molecule has 0 aliphatic rings. The van der Waals surface area contributed by atoms with Gasteiger partial charge in [0.1, 0.15) is 0 Å². The fourth-order valence-electron chi connectivity index (χ4n) is 3.48. The van der Waals surface area contributed by atoms with Crippen molar-refractivity contribution in [3.05, 3.63) is 72.1 Å². The molecular formula is C26H25F3N4O4. The number of aromatic nitrogens is 1. The summed E-state index contributed by atoms with van der Waals surface area (Å²) in [5.74, 6) is -1.45. The van der Waals surface area contributed by atoms with E-state index >= 15 is 0 Å². The molecule has 0 aliphatic heterocycles. The zero-order valence-electron chi connectivity index (χ0n) is 20.0. The van der Waals surface area contributed by atoms with Crippen LogP contribution in [0.15, 0.2) is 60.9 Å². The highest BCUT2D eigenvalue weighted by Crippen LogP contribution is 2.40. The van der Waals surface area contributed by atoms with Crippen LogP contribution in [0, 0.1) is 5.92 Å². The van der Waals surface area contributed by atoms with Crippen molar-refractivity contribution in [1.29, 1.82) is 0 Å². The number of Topliss-reactive ketones (excluding diaryl/α,β-unsaturated/α-hetero) is 1. The molecule has 4 N–H and O–H groups in total. The number of nitrogens with one attached hydrogen (secondary N) is 3. The highest BCUT2D eigenvalue weighted by atomic mass is 19.4. The van der Waals surface area contributed by atoms with Crippen molar-refractivity contribution < 1.29 is 32.7 Å². The molecule has 0 saturated heterocycles. The SMILES string of the molecule is CC(C)CNc1cc(NC(=O)O)c(NC(=O)CC(=O)c2cccc(-c3ccncc3)c2)cc1C(F)(F)F. The van der Waals surface area contributed by atoms with Crippen molar-refractivity contribution in [1.82, 2.24) is 4.98 Å². The molecule has 1 aromatic heterocycles. The minimum Gasteiger partial charge on any atom is -0.465 e. The standard InChI is InChI=1S/C26H25F3N4O4/c1-15(2)14-31-20-12-22(33-25(36)37)21(11-19(20)26(27,28)29)32-24(35)13-23(34)18-5-3-4-17(10-18)16-6-8-30-9-7-16/h3-12,15,31,33H,13-14H2,1-2H3,(H,32,35)(H,36,37). The van der Waals surface area contributed by atoms with Crippen molar-refractivity contribution in [2.45, 2.75) is 26.4 Å². The summed E-state index contributed by atoms with van der Waals surface area (Å²) in [5.41, 5.74) is -0.356. The molecule has 37 heavy (non-hydrogen) atoms. The molecular weight excluding hydrogens is 489 g/mol. The van der Waals surface area contributed by atoms with Crippen LogP contribution >= 0.6 is 0 Å². The predicted octanol–water partition coefficient (Wildman–Crippen LogP) is 6.14. The molecule has 8 nitrogen and oxygen atoms in total. The van der Waals surface area contributed by atoms with Crippen LogP contribution in [0.3, 0.4) is 0 Å². The van der Waals surface area contributed by atoms with Crippen molar-refractivity contribution in [3.8, 4) is 11.1 Å². The molecule has 2 amide bonds. The van der Waals surface area contributed by atoms with Gasteiger partial charge in [0.25, 0.3) is 0 Å². The maximum atomic E-state index is 13.7. The van der Waals surface area contributed by atoms with Crippen molar-refractivity contribution >= 4 is 34.8 Å². The Morgan fingerprint density at radius 2 is 1.59 bits per heavy atom. The number of alkyl halides is 3. The second-order valence-electron chi connectivity index (χ2n) is 8.61. The predicted molar refractivity (Wildman–Crippen MR) is 134 cm³/mol. The fourth-order valence-corrected chi connectivity index (χ4v) is 3.48. The molecule has 194 valence electrons. The third kappa shape index (κ3) is 7.53. The first-order valence-corrected chi connectivity index (χ1v) is 11.3. The van der Waals surface area contributed by atoms with Gasteiger partial charge in [-0.3, -0.25) is 19.9 Å². The van der Waals surface area contributed by atoms with E-state index in [1.807, 2.05) is 5.32 Å². The molecule has 0 spiro atoms. The normalized spacial score (nSPS) is 11.2. The van der Waals surface area contributed by atoms with Crippen molar-refractivity contribution in [3.63, 3.8) is 0 Å². The second kappa shape index (κ2) is 11.5. The van der Waals surface area contributed by atoms with Gasteiger partial charge in [0.05, 0.1) is 23.4 Å². The average molecular weight is 515 g/mol. The minimum absolute atomic E-state index is 0.0134. The molecule has 0 saturated carbocycles. The van der Waals surface area contributed by atoms with Crippen LogP contribution < -0.4 is 16.0 Å².